The summed E-state index contributed by atoms with van der Waals surface area (Å²) in [6.45, 7) is 6.58. The normalized spacial score (nSPS) is 11.8. The second-order valence-electron chi connectivity index (χ2n) is 5.09. The molecule has 0 saturated carbocycles. The molecule has 18 heavy (non-hydrogen) atoms. The van der Waals surface area contributed by atoms with Gasteiger partial charge in [-0.1, -0.05) is 31.2 Å². The number of aromatic nitrogens is 2. The van der Waals surface area contributed by atoms with E-state index in [2.05, 4.69) is 60.7 Å². The minimum Gasteiger partial charge on any atom is -0.328 e. The Morgan fingerprint density at radius 2 is 2.00 bits per heavy atom. The number of hydrogen-bond acceptors (Lipinski definition) is 1. The Hall–Kier alpha value is -1.83. The summed E-state index contributed by atoms with van der Waals surface area (Å²) in [6, 6.07) is 11.5. The Labute approximate surface area is 107 Å². The number of aryl methyl sites for hydroxylation is 1. The van der Waals surface area contributed by atoms with Crippen LogP contribution in [0, 0.1) is 0 Å². The van der Waals surface area contributed by atoms with Crippen LogP contribution in [0.3, 0.4) is 0 Å². The predicted octanol–water partition coefficient (Wildman–Crippen LogP) is 4.33. The van der Waals surface area contributed by atoms with Crippen LogP contribution in [0.15, 0.2) is 36.7 Å². The van der Waals surface area contributed by atoms with Crippen LogP contribution in [0.4, 0.5) is 0 Å². The van der Waals surface area contributed by atoms with Crippen LogP contribution in [-0.2, 0) is 6.42 Å². The van der Waals surface area contributed by atoms with Gasteiger partial charge in [-0.25, -0.2) is 4.98 Å². The van der Waals surface area contributed by atoms with E-state index in [0.29, 0.717) is 6.04 Å². The van der Waals surface area contributed by atoms with Crippen molar-refractivity contribution in [2.24, 2.45) is 0 Å². The summed E-state index contributed by atoms with van der Waals surface area (Å²) in [5.41, 5.74) is 3.73. The molecule has 0 N–H and O–H groups in total. The van der Waals surface area contributed by atoms with Crippen molar-refractivity contribution >= 4 is 21.8 Å². The van der Waals surface area contributed by atoms with Crippen molar-refractivity contribution in [2.75, 3.05) is 0 Å². The van der Waals surface area contributed by atoms with Crippen molar-refractivity contribution in [3.8, 4) is 0 Å². The van der Waals surface area contributed by atoms with Gasteiger partial charge in [-0.3, -0.25) is 0 Å². The van der Waals surface area contributed by atoms with Crippen molar-refractivity contribution in [3.05, 3.63) is 42.2 Å². The highest BCUT2D eigenvalue weighted by molar-refractivity contribution is 6.04. The van der Waals surface area contributed by atoms with Gasteiger partial charge in [0.25, 0.3) is 0 Å². The Bertz CT molecular complexity index is 708. The van der Waals surface area contributed by atoms with E-state index in [1.54, 1.807) is 0 Å². The summed E-state index contributed by atoms with van der Waals surface area (Å²) in [7, 11) is 0. The number of imidazole rings is 1. The first kappa shape index (κ1) is 11.3. The minimum atomic E-state index is 0.437. The second-order valence-corrected chi connectivity index (χ2v) is 5.09. The fourth-order valence-electron chi connectivity index (χ4n) is 2.52. The fourth-order valence-corrected chi connectivity index (χ4v) is 2.52. The SMILES string of the molecule is CCc1ccc2c(ccc3ncn(C(C)C)c32)c1. The fraction of sp³-hybridized carbons (Fsp3) is 0.312. The average Bonchev–Trinajstić information content (AvgIpc) is 2.82. The summed E-state index contributed by atoms with van der Waals surface area (Å²) in [5, 5.41) is 2.61. The third kappa shape index (κ3) is 1.60. The molecule has 0 atom stereocenters. The van der Waals surface area contributed by atoms with E-state index in [4.69, 9.17) is 0 Å². The molecule has 0 bridgehead atoms. The highest BCUT2D eigenvalue weighted by Crippen LogP contribution is 2.27. The average molecular weight is 238 g/mol. The molecule has 3 rings (SSSR count). The molecule has 0 fully saturated rings. The lowest BCUT2D eigenvalue weighted by Crippen LogP contribution is -1.98. The van der Waals surface area contributed by atoms with Crippen LogP contribution in [0.1, 0.15) is 32.4 Å². The van der Waals surface area contributed by atoms with E-state index in [9.17, 15) is 0 Å². The van der Waals surface area contributed by atoms with Gasteiger partial charge in [-0.15, -0.1) is 0 Å². The summed E-state index contributed by atoms with van der Waals surface area (Å²) in [5.74, 6) is 0. The van der Waals surface area contributed by atoms with Gasteiger partial charge in [0.2, 0.25) is 0 Å². The lowest BCUT2D eigenvalue weighted by molar-refractivity contribution is 0.619. The molecule has 2 nitrogen and oxygen atoms in total. The number of fused-ring (bicyclic) bond motifs is 3. The van der Waals surface area contributed by atoms with Gasteiger partial charge in [0.05, 0.1) is 17.4 Å². The first-order chi connectivity index (χ1) is 8.70. The molecular weight excluding hydrogens is 220 g/mol. The van der Waals surface area contributed by atoms with Crippen LogP contribution in [0.5, 0.6) is 0 Å². The zero-order valence-electron chi connectivity index (χ0n) is 11.1. The maximum absolute atomic E-state index is 4.50. The molecule has 1 aromatic heterocycles. The highest BCUT2D eigenvalue weighted by atomic mass is 15.1. The maximum Gasteiger partial charge on any atom is 0.0960 e. The van der Waals surface area contributed by atoms with Crippen LogP contribution in [0.2, 0.25) is 0 Å². The Balaban J connectivity index is 2.40. The molecule has 3 aromatic rings. The Morgan fingerprint density at radius 3 is 2.72 bits per heavy atom. The predicted molar refractivity (Wildman–Crippen MR) is 77.0 cm³/mol. The van der Waals surface area contributed by atoms with Crippen LogP contribution < -0.4 is 0 Å². The maximum atomic E-state index is 4.50. The molecule has 2 aromatic carbocycles. The Kier molecular flexibility index (Phi) is 2.58. The van der Waals surface area contributed by atoms with Gasteiger partial charge in [0, 0.05) is 11.4 Å². The summed E-state index contributed by atoms with van der Waals surface area (Å²) in [6.07, 6.45) is 3.03. The number of hydrogen-bond donors (Lipinski definition) is 0. The quantitative estimate of drug-likeness (QED) is 0.649. The molecule has 0 saturated heterocycles. The topological polar surface area (TPSA) is 17.8 Å². The molecule has 92 valence electrons. The van der Waals surface area contributed by atoms with E-state index in [-0.39, 0.29) is 0 Å². The molecule has 0 aliphatic heterocycles. The van der Waals surface area contributed by atoms with Crippen LogP contribution in [0.25, 0.3) is 21.8 Å². The minimum absolute atomic E-state index is 0.437. The molecule has 0 unspecified atom stereocenters. The largest absolute Gasteiger partial charge is 0.328 e. The van der Waals surface area contributed by atoms with Crippen molar-refractivity contribution < 1.29 is 0 Å². The van der Waals surface area contributed by atoms with Crippen molar-refractivity contribution in [3.63, 3.8) is 0 Å². The molecule has 1 heterocycles. The molecule has 0 amide bonds. The van der Waals surface area contributed by atoms with Crippen LogP contribution >= 0.6 is 0 Å². The molecule has 0 aliphatic carbocycles. The Morgan fingerprint density at radius 1 is 1.17 bits per heavy atom. The zero-order chi connectivity index (χ0) is 12.7. The van der Waals surface area contributed by atoms with Crippen molar-refractivity contribution in [2.45, 2.75) is 33.2 Å². The monoisotopic (exact) mass is 238 g/mol. The van der Waals surface area contributed by atoms with Gasteiger partial charge < -0.3 is 4.57 Å². The molecule has 0 spiro atoms. The second kappa shape index (κ2) is 4.13. The van der Waals surface area contributed by atoms with Crippen LogP contribution in [-0.4, -0.2) is 9.55 Å². The first-order valence-electron chi connectivity index (χ1n) is 6.59. The smallest absolute Gasteiger partial charge is 0.0960 e. The van der Waals surface area contributed by atoms with Gasteiger partial charge in [-0.05, 0) is 37.3 Å². The molecule has 2 heteroatoms. The molecule has 0 radical (unpaired) electrons. The van der Waals surface area contributed by atoms with Crippen molar-refractivity contribution in [1.82, 2.24) is 9.55 Å². The van der Waals surface area contributed by atoms with E-state index in [1.165, 1.54) is 21.9 Å². The number of benzene rings is 2. The van der Waals surface area contributed by atoms with Gasteiger partial charge >= 0.3 is 0 Å². The summed E-state index contributed by atoms with van der Waals surface area (Å²) >= 11 is 0. The van der Waals surface area contributed by atoms with Gasteiger partial charge in [-0.2, -0.15) is 0 Å². The summed E-state index contributed by atoms with van der Waals surface area (Å²) in [4.78, 5) is 4.50. The zero-order valence-corrected chi connectivity index (χ0v) is 11.1. The van der Waals surface area contributed by atoms with E-state index in [0.717, 1.165) is 11.9 Å². The number of nitrogens with zero attached hydrogens (tertiary/aromatic N) is 2. The summed E-state index contributed by atoms with van der Waals surface area (Å²) < 4.78 is 2.25. The molecule has 0 aliphatic rings. The van der Waals surface area contributed by atoms with E-state index >= 15 is 0 Å². The van der Waals surface area contributed by atoms with E-state index in [1.807, 2.05) is 6.33 Å². The molecular formula is C16H18N2. The lowest BCUT2D eigenvalue weighted by Gasteiger charge is -2.10. The third-order valence-electron chi connectivity index (χ3n) is 3.58. The number of rotatable bonds is 2. The lowest BCUT2D eigenvalue weighted by atomic mass is 10.0. The van der Waals surface area contributed by atoms with Gasteiger partial charge in [0.1, 0.15) is 0 Å². The van der Waals surface area contributed by atoms with Gasteiger partial charge in [0.15, 0.2) is 0 Å². The van der Waals surface area contributed by atoms with E-state index < -0.39 is 0 Å². The highest BCUT2D eigenvalue weighted by Gasteiger charge is 2.09. The van der Waals surface area contributed by atoms with Crippen molar-refractivity contribution in [1.29, 1.82) is 0 Å². The standard InChI is InChI=1S/C16H18N2/c1-4-12-5-7-14-13(9-12)6-8-15-16(14)18(10-17-15)11(2)3/h5-11H,4H2,1-3H3. The first-order valence-corrected chi connectivity index (χ1v) is 6.59. The third-order valence-corrected chi connectivity index (χ3v) is 3.58.